The number of hydrogen-bond donors (Lipinski definition) is 3. The highest BCUT2D eigenvalue weighted by Crippen LogP contribution is 2.44. The first-order valence-electron chi connectivity index (χ1n) is 21.8. The minimum absolute atomic E-state index is 0.0194. The zero-order valence-electron chi connectivity index (χ0n) is 35.6. The van der Waals surface area contributed by atoms with Gasteiger partial charge in [0.15, 0.2) is 5.82 Å². The molecule has 5 aliphatic rings. The molecule has 2 aromatic heterocycles. The van der Waals surface area contributed by atoms with Crippen LogP contribution in [0, 0.1) is 23.1 Å². The van der Waals surface area contributed by atoms with Crippen LogP contribution in [-0.2, 0) is 9.53 Å². The van der Waals surface area contributed by atoms with Crippen LogP contribution in [0.5, 0.6) is 11.8 Å². The number of nitrogens with one attached hydrogen (secondary N) is 2. The topological polar surface area (TPSA) is 125 Å². The molecule has 3 N–H and O–H groups in total. The maximum atomic E-state index is 17.7. The van der Waals surface area contributed by atoms with E-state index in [1.54, 1.807) is 18.3 Å². The molecule has 4 fully saturated rings. The Morgan fingerprint density at radius 2 is 1.85 bits per heavy atom. The van der Waals surface area contributed by atoms with Crippen LogP contribution in [0.3, 0.4) is 0 Å². The van der Waals surface area contributed by atoms with E-state index in [-0.39, 0.29) is 57.7 Å². The SMILES string of the molecule is CC(C)[Si](C#Cc1c(F)ccc2cc(O)cc(-c3ncc4c5nc(nc4c3F)OC[C@]34CCCN3C[C@@H](C4)OCCC(=O)NC[C@]34CCC(CN5C3)N4)c12)(C(C)C)C(C)C. The zero-order valence-corrected chi connectivity index (χ0v) is 36.6. The van der Waals surface area contributed by atoms with Crippen LogP contribution in [0.1, 0.15) is 85.6 Å². The standard InChI is InChI=1S/C46H57F2N7O4Si/c1-27(2)60(28(3)4,29(5)6)17-12-34-37(47)9-8-30-18-32(56)19-35(39(30)34)41-40(48)42-36(21-49-41)43-52-44(51-42)59-26-46-13-7-15-55(46)23-33(20-46)58-16-11-38(57)50-24-45-14-10-31(53-45)22-54(43)25-45/h8-9,18-19,21,27-29,31,33,53,56H,7,10-11,13-16,20,22-26H2,1-6H3,(H,50,57)/t31?,33-,45-,46-/m1/s1. The van der Waals surface area contributed by atoms with Crippen molar-refractivity contribution >= 4 is 41.5 Å². The van der Waals surface area contributed by atoms with Gasteiger partial charge in [-0.2, -0.15) is 9.97 Å². The molecule has 1 unspecified atom stereocenters. The highest BCUT2D eigenvalue weighted by molar-refractivity contribution is 6.90. The summed E-state index contributed by atoms with van der Waals surface area (Å²) in [7, 11) is -2.29. The maximum Gasteiger partial charge on any atom is 0.319 e. The average Bonchev–Trinajstić information content (AvgIpc) is 3.85. The lowest BCUT2D eigenvalue weighted by Crippen LogP contribution is -2.64. The second-order valence-corrected chi connectivity index (χ2v) is 24.6. The largest absolute Gasteiger partial charge is 0.508 e. The van der Waals surface area contributed by atoms with Gasteiger partial charge < -0.3 is 30.1 Å². The van der Waals surface area contributed by atoms with Crippen molar-refractivity contribution in [1.29, 1.82) is 0 Å². The number of piperazine rings is 1. The molecular weight excluding hydrogens is 781 g/mol. The number of ether oxygens (including phenoxy) is 2. The minimum Gasteiger partial charge on any atom is -0.508 e. The molecule has 0 aliphatic carbocycles. The lowest BCUT2D eigenvalue weighted by molar-refractivity contribution is -0.122. The average molecular weight is 838 g/mol. The van der Waals surface area contributed by atoms with Gasteiger partial charge >= 0.3 is 6.01 Å². The number of carbonyl (C=O) groups excluding carboxylic acids is 1. The number of amides is 1. The first-order valence-corrected chi connectivity index (χ1v) is 24.1. The van der Waals surface area contributed by atoms with Gasteiger partial charge in [-0.15, -0.1) is 5.54 Å². The van der Waals surface area contributed by atoms with Gasteiger partial charge in [-0.3, -0.25) is 14.7 Å². The number of pyridine rings is 1. The van der Waals surface area contributed by atoms with Gasteiger partial charge in [0.05, 0.1) is 34.7 Å². The molecule has 4 aromatic rings. The summed E-state index contributed by atoms with van der Waals surface area (Å²) < 4.78 is 46.7. The van der Waals surface area contributed by atoms with Crippen molar-refractivity contribution in [1.82, 2.24) is 30.5 Å². The number of benzene rings is 2. The highest BCUT2D eigenvalue weighted by atomic mass is 28.3. The van der Waals surface area contributed by atoms with Gasteiger partial charge in [0.2, 0.25) is 5.91 Å². The molecule has 11 nitrogen and oxygen atoms in total. The predicted molar refractivity (Wildman–Crippen MR) is 232 cm³/mol. The van der Waals surface area contributed by atoms with Gasteiger partial charge in [0.1, 0.15) is 43.3 Å². The molecule has 7 heterocycles. The molecule has 5 aliphatic heterocycles. The fourth-order valence-corrected chi connectivity index (χ4v) is 16.9. The molecular formula is C46H57F2N7O4Si. The summed E-state index contributed by atoms with van der Waals surface area (Å²) in [5.74, 6) is 2.41. The van der Waals surface area contributed by atoms with Crippen molar-refractivity contribution in [2.75, 3.05) is 50.8 Å². The number of carbonyl (C=O) groups is 1. The molecule has 2 aromatic carbocycles. The molecule has 4 saturated heterocycles. The van der Waals surface area contributed by atoms with Crippen LogP contribution in [0.2, 0.25) is 16.6 Å². The van der Waals surface area contributed by atoms with E-state index in [0.29, 0.717) is 77.9 Å². The molecule has 60 heavy (non-hydrogen) atoms. The third kappa shape index (κ3) is 6.99. The second-order valence-electron chi connectivity index (χ2n) is 19.0. The second kappa shape index (κ2) is 15.5. The molecule has 2 spiro atoms. The summed E-state index contributed by atoms with van der Waals surface area (Å²) >= 11 is 0. The monoisotopic (exact) mass is 837 g/mol. The summed E-state index contributed by atoms with van der Waals surface area (Å²) in [6.45, 7) is 17.1. The Hall–Kier alpha value is -4.42. The zero-order chi connectivity index (χ0) is 42.1. The lowest BCUT2D eigenvalue weighted by atomic mass is 9.94. The Morgan fingerprint density at radius 3 is 2.63 bits per heavy atom. The van der Waals surface area contributed by atoms with Gasteiger partial charge in [-0.1, -0.05) is 53.5 Å². The van der Waals surface area contributed by atoms with Crippen molar-refractivity contribution < 1.29 is 28.2 Å². The van der Waals surface area contributed by atoms with E-state index in [9.17, 15) is 9.90 Å². The Balaban J connectivity index is 1.21. The van der Waals surface area contributed by atoms with Crippen LogP contribution < -0.4 is 20.3 Å². The van der Waals surface area contributed by atoms with Crippen LogP contribution >= 0.6 is 0 Å². The van der Waals surface area contributed by atoms with Crippen molar-refractivity contribution in [3.63, 3.8) is 0 Å². The molecule has 14 heteroatoms. The molecule has 1 amide bonds. The third-order valence-electron chi connectivity index (χ3n) is 14.5. The number of fused-ring (bicyclic) bond motifs is 9. The smallest absolute Gasteiger partial charge is 0.319 e. The molecule has 318 valence electrons. The molecule has 7 bridgehead atoms. The van der Waals surface area contributed by atoms with Gasteiger partial charge in [-0.25, -0.2) is 8.78 Å². The Morgan fingerprint density at radius 1 is 1.05 bits per heavy atom. The van der Waals surface area contributed by atoms with Crippen LogP contribution in [0.4, 0.5) is 14.6 Å². The predicted octanol–water partition coefficient (Wildman–Crippen LogP) is 7.23. The quantitative estimate of drug-likeness (QED) is 0.143. The van der Waals surface area contributed by atoms with E-state index in [2.05, 4.69) is 73.4 Å². The summed E-state index contributed by atoms with van der Waals surface area (Å²) in [4.78, 5) is 32.2. The van der Waals surface area contributed by atoms with Crippen molar-refractivity contribution in [3.8, 4) is 34.5 Å². The number of phenolic OH excluding ortho intramolecular Hbond substituents is 1. The van der Waals surface area contributed by atoms with Crippen LogP contribution in [-0.4, -0.2) is 108 Å². The van der Waals surface area contributed by atoms with Crippen LogP contribution in [0.15, 0.2) is 30.5 Å². The van der Waals surface area contributed by atoms with Gasteiger partial charge in [-0.05, 0) is 78.9 Å². The van der Waals surface area contributed by atoms with Crippen molar-refractivity contribution in [3.05, 3.63) is 47.7 Å². The number of hydrogen-bond acceptors (Lipinski definition) is 10. The first-order chi connectivity index (χ1) is 28.7. The van der Waals surface area contributed by atoms with E-state index in [1.165, 1.54) is 12.1 Å². The van der Waals surface area contributed by atoms with Crippen molar-refractivity contribution in [2.45, 2.75) is 120 Å². The Labute approximate surface area is 352 Å². The third-order valence-corrected chi connectivity index (χ3v) is 20.8. The van der Waals surface area contributed by atoms with E-state index in [0.717, 1.165) is 45.2 Å². The van der Waals surface area contributed by atoms with Crippen molar-refractivity contribution in [2.24, 2.45) is 0 Å². The lowest BCUT2D eigenvalue weighted by Gasteiger charge is -2.42. The van der Waals surface area contributed by atoms with E-state index in [1.807, 2.05) is 0 Å². The van der Waals surface area contributed by atoms with E-state index >= 15 is 8.78 Å². The molecule has 0 saturated carbocycles. The number of halogens is 2. The first kappa shape index (κ1) is 41.0. The summed E-state index contributed by atoms with van der Waals surface area (Å²) in [6, 6.07) is 6.13. The molecule has 4 atom stereocenters. The summed E-state index contributed by atoms with van der Waals surface area (Å²) in [5.41, 5.74) is 4.22. The van der Waals surface area contributed by atoms with Crippen LogP contribution in [0.25, 0.3) is 32.9 Å². The van der Waals surface area contributed by atoms with Gasteiger partial charge in [0, 0.05) is 55.8 Å². The Bertz CT molecular complexity index is 2400. The molecule has 0 radical (unpaired) electrons. The number of phenols is 1. The van der Waals surface area contributed by atoms with E-state index in [4.69, 9.17) is 24.4 Å². The van der Waals surface area contributed by atoms with E-state index < -0.39 is 25.2 Å². The fraction of sp³-hybridized carbons (Fsp3) is 0.565. The highest BCUT2D eigenvalue weighted by Gasteiger charge is 2.50. The van der Waals surface area contributed by atoms with Gasteiger partial charge in [0.25, 0.3) is 0 Å². The fourth-order valence-electron chi connectivity index (χ4n) is 11.6. The Kier molecular flexibility index (Phi) is 10.6. The summed E-state index contributed by atoms with van der Waals surface area (Å²) in [5, 5.41) is 19.3. The molecule has 9 rings (SSSR count). The number of aromatic hydroxyl groups is 1. The minimum atomic E-state index is -2.29. The normalized spacial score (nSPS) is 26.1. The summed E-state index contributed by atoms with van der Waals surface area (Å²) in [6.07, 6.45) is 6.30. The number of nitrogens with zero attached hydrogens (tertiary/aromatic N) is 5. The maximum absolute atomic E-state index is 17.7. The number of rotatable bonds is 4. The number of aromatic nitrogens is 3. The number of anilines is 1.